The first-order valence-corrected chi connectivity index (χ1v) is 7.88. The minimum absolute atomic E-state index is 0.138. The van der Waals surface area contributed by atoms with Gasteiger partial charge in [0.25, 0.3) is 0 Å². The van der Waals surface area contributed by atoms with Crippen LogP contribution in [0.1, 0.15) is 27.7 Å². The van der Waals surface area contributed by atoms with Crippen molar-refractivity contribution >= 4 is 34.8 Å². The molecule has 1 aliphatic carbocycles. The van der Waals surface area contributed by atoms with Crippen LogP contribution in [0.2, 0.25) is 10.0 Å². The Balaban J connectivity index is 1.82. The van der Waals surface area contributed by atoms with Gasteiger partial charge in [-0.15, -0.1) is 0 Å². The maximum atomic E-state index is 12.0. The van der Waals surface area contributed by atoms with Crippen LogP contribution >= 0.6 is 23.2 Å². The molecule has 5 heteroatoms. The van der Waals surface area contributed by atoms with Gasteiger partial charge in [0.1, 0.15) is 0 Å². The maximum absolute atomic E-state index is 12.0. The van der Waals surface area contributed by atoms with E-state index in [0.29, 0.717) is 32.5 Å². The van der Waals surface area contributed by atoms with Gasteiger partial charge >= 0.3 is 0 Å². The lowest BCUT2D eigenvalue weighted by atomic mass is 10.0. The first-order chi connectivity index (χ1) is 9.68. The second-order valence-electron chi connectivity index (χ2n) is 6.77. The lowest BCUT2D eigenvalue weighted by Crippen LogP contribution is -2.30. The topological polar surface area (TPSA) is 41.1 Å². The summed E-state index contributed by atoms with van der Waals surface area (Å²) in [6.45, 7) is 10.2. The second-order valence-corrected chi connectivity index (χ2v) is 7.59. The molecule has 1 saturated carbocycles. The van der Waals surface area contributed by atoms with E-state index in [1.807, 2.05) is 0 Å². The monoisotopic (exact) mass is 328 g/mol. The lowest BCUT2D eigenvalue weighted by Gasteiger charge is -2.10. The highest BCUT2D eigenvalue weighted by molar-refractivity contribution is 6.39. The van der Waals surface area contributed by atoms with Crippen LogP contribution in [-0.4, -0.2) is 19.0 Å². The van der Waals surface area contributed by atoms with Gasteiger partial charge in [0.2, 0.25) is 5.91 Å². The van der Waals surface area contributed by atoms with Gasteiger partial charge in [-0.25, -0.2) is 0 Å². The van der Waals surface area contributed by atoms with Crippen LogP contribution in [0.5, 0.6) is 0 Å². The molecule has 1 aliphatic rings. The van der Waals surface area contributed by atoms with Crippen LogP contribution in [0.3, 0.4) is 0 Å². The van der Waals surface area contributed by atoms with Crippen LogP contribution in [0.15, 0.2) is 18.2 Å². The summed E-state index contributed by atoms with van der Waals surface area (Å²) in [5, 5.41) is 6.86. The summed E-state index contributed by atoms with van der Waals surface area (Å²) in [6, 6.07) is 5.15. The largest absolute Gasteiger partial charge is 0.322 e. The van der Waals surface area contributed by atoms with E-state index in [4.69, 9.17) is 23.2 Å². The van der Waals surface area contributed by atoms with Crippen LogP contribution in [0, 0.1) is 16.7 Å². The summed E-state index contributed by atoms with van der Waals surface area (Å²) in [4.78, 5) is 12.0. The number of carbonyl (C=O) groups excluding carboxylic acids is 1. The summed E-state index contributed by atoms with van der Waals surface area (Å²) in [6.07, 6.45) is 0. The molecule has 0 atom stereocenters. The molecule has 21 heavy (non-hydrogen) atoms. The molecule has 0 radical (unpaired) electrons. The first-order valence-electron chi connectivity index (χ1n) is 7.12. The van der Waals surface area contributed by atoms with E-state index in [0.717, 1.165) is 6.54 Å². The molecule has 2 N–H and O–H groups in total. The predicted octanol–water partition coefficient (Wildman–Crippen LogP) is 4.20. The van der Waals surface area contributed by atoms with E-state index in [2.05, 4.69) is 38.3 Å². The van der Waals surface area contributed by atoms with Crippen molar-refractivity contribution in [1.29, 1.82) is 0 Å². The summed E-state index contributed by atoms with van der Waals surface area (Å²) in [7, 11) is 0. The fraction of sp³-hybridized carbons (Fsp3) is 0.562. The molecule has 0 saturated heterocycles. The lowest BCUT2D eigenvalue weighted by molar-refractivity contribution is -0.115. The van der Waals surface area contributed by atoms with Crippen LogP contribution in [-0.2, 0) is 4.79 Å². The Bertz CT molecular complexity index is 521. The third-order valence-corrected chi connectivity index (χ3v) is 5.81. The van der Waals surface area contributed by atoms with Gasteiger partial charge in [-0.05, 0) is 35.4 Å². The zero-order chi connectivity index (χ0) is 15.8. The number of carbonyl (C=O) groups is 1. The summed E-state index contributed by atoms with van der Waals surface area (Å²) in [5.74, 6) is 0.447. The average molecular weight is 329 g/mol. The number of amides is 1. The number of nitrogens with one attached hydrogen (secondary N) is 2. The summed E-state index contributed by atoms with van der Waals surface area (Å²) in [5.41, 5.74) is 1.12. The zero-order valence-corrected chi connectivity index (χ0v) is 14.4. The number of rotatable bonds is 5. The Morgan fingerprint density at radius 3 is 2.14 bits per heavy atom. The van der Waals surface area contributed by atoms with Crippen molar-refractivity contribution in [1.82, 2.24) is 5.32 Å². The fourth-order valence-corrected chi connectivity index (χ4v) is 3.47. The van der Waals surface area contributed by atoms with E-state index in [1.54, 1.807) is 18.2 Å². The minimum atomic E-state index is -0.138. The molecule has 1 aromatic rings. The predicted molar refractivity (Wildman–Crippen MR) is 89.0 cm³/mol. The van der Waals surface area contributed by atoms with Gasteiger partial charge in [0, 0.05) is 0 Å². The van der Waals surface area contributed by atoms with E-state index >= 15 is 0 Å². The van der Waals surface area contributed by atoms with Crippen molar-refractivity contribution in [3.63, 3.8) is 0 Å². The Morgan fingerprint density at radius 1 is 1.14 bits per heavy atom. The number of halogens is 2. The first kappa shape index (κ1) is 16.6. The highest BCUT2D eigenvalue weighted by atomic mass is 35.5. The maximum Gasteiger partial charge on any atom is 0.238 e. The molecule has 0 aromatic heterocycles. The van der Waals surface area contributed by atoms with Crippen molar-refractivity contribution in [2.45, 2.75) is 27.7 Å². The highest BCUT2D eigenvalue weighted by Crippen LogP contribution is 2.67. The smallest absolute Gasteiger partial charge is 0.238 e. The number of para-hydroxylation sites is 1. The highest BCUT2D eigenvalue weighted by Gasteiger charge is 2.63. The second kappa shape index (κ2) is 5.79. The molecular weight excluding hydrogens is 307 g/mol. The minimum Gasteiger partial charge on any atom is -0.322 e. The zero-order valence-electron chi connectivity index (χ0n) is 12.9. The van der Waals surface area contributed by atoms with Crippen molar-refractivity contribution in [2.24, 2.45) is 16.7 Å². The van der Waals surface area contributed by atoms with E-state index < -0.39 is 0 Å². The third-order valence-electron chi connectivity index (χ3n) is 5.18. The van der Waals surface area contributed by atoms with Gasteiger partial charge < -0.3 is 10.6 Å². The molecule has 116 valence electrons. The van der Waals surface area contributed by atoms with E-state index in [-0.39, 0.29) is 12.5 Å². The fourth-order valence-electron chi connectivity index (χ4n) is 2.97. The Morgan fingerprint density at radius 2 is 1.67 bits per heavy atom. The SMILES string of the molecule is CC1(C)C(CNCC(=O)Nc2c(Cl)cccc2Cl)C1(C)C. The van der Waals surface area contributed by atoms with Crippen molar-refractivity contribution in [2.75, 3.05) is 18.4 Å². The Hall–Kier alpha value is -0.770. The molecule has 2 rings (SSSR count). The third kappa shape index (κ3) is 3.20. The normalized spacial score (nSPS) is 19.3. The van der Waals surface area contributed by atoms with E-state index in [9.17, 15) is 4.79 Å². The molecule has 0 aliphatic heterocycles. The van der Waals surface area contributed by atoms with Crippen molar-refractivity contribution in [3.05, 3.63) is 28.2 Å². The van der Waals surface area contributed by atoms with Gasteiger partial charge in [0.15, 0.2) is 0 Å². The number of anilines is 1. The van der Waals surface area contributed by atoms with Gasteiger partial charge in [-0.2, -0.15) is 0 Å². The molecule has 1 aromatic carbocycles. The van der Waals surface area contributed by atoms with Crippen molar-refractivity contribution in [3.8, 4) is 0 Å². The number of benzene rings is 1. The molecule has 0 heterocycles. The molecule has 1 fully saturated rings. The molecule has 1 amide bonds. The van der Waals surface area contributed by atoms with Crippen LogP contribution < -0.4 is 10.6 Å². The Kier molecular flexibility index (Phi) is 4.57. The van der Waals surface area contributed by atoms with Gasteiger partial charge in [-0.1, -0.05) is 57.0 Å². The van der Waals surface area contributed by atoms with Crippen LogP contribution in [0.25, 0.3) is 0 Å². The summed E-state index contributed by atoms with van der Waals surface area (Å²) < 4.78 is 0. The molecule has 0 unspecified atom stereocenters. The van der Waals surface area contributed by atoms with Gasteiger partial charge in [-0.3, -0.25) is 4.79 Å². The quantitative estimate of drug-likeness (QED) is 0.850. The number of hydrogen-bond donors (Lipinski definition) is 2. The number of hydrogen-bond acceptors (Lipinski definition) is 2. The molecular formula is C16H22Cl2N2O. The standard InChI is InChI=1S/C16H22Cl2N2O/c1-15(2)12(16(15,3)4)8-19-9-13(21)20-14-10(17)6-5-7-11(14)18/h5-7,12,19H,8-9H2,1-4H3,(H,20,21). The Labute approximate surface area is 136 Å². The molecule has 0 bridgehead atoms. The average Bonchev–Trinajstić information content (AvgIpc) is 2.76. The van der Waals surface area contributed by atoms with Gasteiger partial charge in [0.05, 0.1) is 22.3 Å². The van der Waals surface area contributed by atoms with Crippen LogP contribution in [0.4, 0.5) is 5.69 Å². The van der Waals surface area contributed by atoms with E-state index in [1.165, 1.54) is 0 Å². The molecule has 3 nitrogen and oxygen atoms in total. The van der Waals surface area contributed by atoms with Crippen molar-refractivity contribution < 1.29 is 4.79 Å². The molecule has 0 spiro atoms. The summed E-state index contributed by atoms with van der Waals surface area (Å²) >= 11 is 12.0.